The SMILES string of the molecule is CC12CCC3C(=CC=C4CC(OC(=O)c5cc([N+](=O)[O-])cc([N+](=O)[O-])c5)CCC43C)C1CCC2=O. The minimum atomic E-state index is -0.795. The average molecular weight is 481 g/mol. The predicted molar refractivity (Wildman–Crippen MR) is 126 cm³/mol. The summed E-state index contributed by atoms with van der Waals surface area (Å²) in [5, 5.41) is 22.3. The maximum Gasteiger partial charge on any atom is 0.338 e. The number of non-ortho nitro benzene ring substituents is 2. The lowest BCUT2D eigenvalue weighted by atomic mass is 9.51. The molecule has 0 saturated heterocycles. The third kappa shape index (κ3) is 3.68. The maximum atomic E-state index is 12.8. The molecule has 0 amide bonds. The van der Waals surface area contributed by atoms with Gasteiger partial charge in [-0.3, -0.25) is 25.0 Å². The molecule has 184 valence electrons. The van der Waals surface area contributed by atoms with Crippen LogP contribution in [0.25, 0.3) is 0 Å². The molecule has 4 aliphatic rings. The van der Waals surface area contributed by atoms with E-state index in [4.69, 9.17) is 4.74 Å². The number of nitro groups is 2. The highest BCUT2D eigenvalue weighted by molar-refractivity contribution is 5.91. The fraction of sp³-hybridized carbons (Fsp3) is 0.538. The van der Waals surface area contributed by atoms with Crippen LogP contribution in [0.3, 0.4) is 0 Å². The number of benzene rings is 1. The summed E-state index contributed by atoms with van der Waals surface area (Å²) in [6.45, 7) is 4.40. The fourth-order valence-corrected chi connectivity index (χ4v) is 6.99. The molecule has 1 aromatic rings. The summed E-state index contributed by atoms with van der Waals surface area (Å²) in [5.41, 5.74) is 1.08. The smallest absolute Gasteiger partial charge is 0.338 e. The van der Waals surface area contributed by atoms with Gasteiger partial charge in [0.05, 0.1) is 21.5 Å². The van der Waals surface area contributed by atoms with E-state index in [1.807, 2.05) is 0 Å². The first-order valence-corrected chi connectivity index (χ1v) is 12.1. The Bertz CT molecular complexity index is 1190. The lowest BCUT2D eigenvalue weighted by Gasteiger charge is -2.53. The number of carbonyl (C=O) groups is 2. The summed E-state index contributed by atoms with van der Waals surface area (Å²) < 4.78 is 5.69. The van der Waals surface area contributed by atoms with Crippen molar-refractivity contribution in [3.8, 4) is 0 Å². The number of hydrogen-bond acceptors (Lipinski definition) is 7. The molecule has 0 aliphatic heterocycles. The number of fused-ring (bicyclic) bond motifs is 5. The summed E-state index contributed by atoms with van der Waals surface area (Å²) in [6, 6.07) is 2.85. The van der Waals surface area contributed by atoms with Gasteiger partial charge in [0, 0.05) is 30.4 Å². The number of hydrogen-bond donors (Lipinski definition) is 0. The molecule has 35 heavy (non-hydrogen) atoms. The molecular weight excluding hydrogens is 452 g/mol. The Morgan fingerprint density at radius 2 is 1.57 bits per heavy atom. The van der Waals surface area contributed by atoms with Crippen molar-refractivity contribution < 1.29 is 24.2 Å². The third-order valence-electron chi connectivity index (χ3n) is 9.07. The molecule has 0 heterocycles. The van der Waals surface area contributed by atoms with E-state index in [-0.39, 0.29) is 16.4 Å². The maximum absolute atomic E-state index is 12.8. The van der Waals surface area contributed by atoms with Crippen molar-refractivity contribution >= 4 is 23.1 Å². The zero-order valence-corrected chi connectivity index (χ0v) is 19.8. The topological polar surface area (TPSA) is 130 Å². The lowest BCUT2D eigenvalue weighted by Crippen LogP contribution is -2.46. The second-order valence-corrected chi connectivity index (χ2v) is 10.8. The minimum absolute atomic E-state index is 0.0513. The van der Waals surface area contributed by atoms with Gasteiger partial charge in [-0.15, -0.1) is 0 Å². The molecule has 1 aromatic carbocycles. The van der Waals surface area contributed by atoms with Gasteiger partial charge in [-0.25, -0.2) is 4.79 Å². The van der Waals surface area contributed by atoms with Crippen LogP contribution in [0.5, 0.6) is 0 Å². The van der Waals surface area contributed by atoms with Crippen LogP contribution in [0, 0.1) is 42.9 Å². The second kappa shape index (κ2) is 8.10. The van der Waals surface area contributed by atoms with E-state index >= 15 is 0 Å². The number of nitro benzene ring substituents is 2. The molecule has 0 N–H and O–H groups in total. The van der Waals surface area contributed by atoms with Crippen LogP contribution in [0.1, 0.15) is 69.2 Å². The number of carbonyl (C=O) groups excluding carboxylic acids is 2. The summed E-state index contributed by atoms with van der Waals surface area (Å²) in [5.74, 6) is 0.279. The van der Waals surface area contributed by atoms with Gasteiger partial charge in [-0.2, -0.15) is 0 Å². The highest BCUT2D eigenvalue weighted by Crippen LogP contribution is 2.62. The number of allylic oxidation sites excluding steroid dienone is 3. The Labute approximate surface area is 202 Å². The summed E-state index contributed by atoms with van der Waals surface area (Å²) in [6.07, 6.45) is 9.41. The van der Waals surface area contributed by atoms with E-state index < -0.39 is 33.3 Å². The predicted octanol–water partition coefficient (Wildman–Crippen LogP) is 5.48. The molecule has 3 fully saturated rings. The zero-order chi connectivity index (χ0) is 25.1. The highest BCUT2D eigenvalue weighted by Gasteiger charge is 2.56. The Morgan fingerprint density at radius 3 is 2.23 bits per heavy atom. The number of rotatable bonds is 4. The van der Waals surface area contributed by atoms with E-state index in [1.54, 1.807) is 0 Å². The Morgan fingerprint density at radius 1 is 0.943 bits per heavy atom. The van der Waals surface area contributed by atoms with E-state index in [2.05, 4.69) is 26.0 Å². The Balaban J connectivity index is 1.36. The molecule has 0 bridgehead atoms. The molecule has 5 unspecified atom stereocenters. The first kappa shape index (κ1) is 23.4. The van der Waals surface area contributed by atoms with E-state index in [1.165, 1.54) is 11.1 Å². The van der Waals surface area contributed by atoms with Crippen molar-refractivity contribution in [2.75, 3.05) is 0 Å². The zero-order valence-electron chi connectivity index (χ0n) is 19.8. The van der Waals surface area contributed by atoms with Gasteiger partial charge in [-0.05, 0) is 49.4 Å². The van der Waals surface area contributed by atoms with Crippen LogP contribution in [-0.4, -0.2) is 27.7 Å². The summed E-state index contributed by atoms with van der Waals surface area (Å²) in [4.78, 5) is 46.2. The average Bonchev–Trinajstić information content (AvgIpc) is 3.13. The van der Waals surface area contributed by atoms with Gasteiger partial charge >= 0.3 is 5.97 Å². The molecule has 5 rings (SSSR count). The van der Waals surface area contributed by atoms with Crippen LogP contribution in [-0.2, 0) is 9.53 Å². The molecule has 4 aliphatic carbocycles. The monoisotopic (exact) mass is 480 g/mol. The largest absolute Gasteiger partial charge is 0.458 e. The number of nitrogens with zero attached hydrogens (tertiary/aromatic N) is 2. The normalized spacial score (nSPS) is 33.5. The van der Waals surface area contributed by atoms with E-state index in [9.17, 15) is 29.8 Å². The minimum Gasteiger partial charge on any atom is -0.458 e. The second-order valence-electron chi connectivity index (χ2n) is 10.8. The highest BCUT2D eigenvalue weighted by atomic mass is 16.6. The molecule has 0 aromatic heterocycles. The van der Waals surface area contributed by atoms with Crippen LogP contribution in [0.15, 0.2) is 41.5 Å². The quantitative estimate of drug-likeness (QED) is 0.317. The van der Waals surface area contributed by atoms with Gasteiger partial charge < -0.3 is 4.74 Å². The molecule has 0 spiro atoms. The number of ketones is 1. The molecular formula is C26H28N2O7. The first-order valence-electron chi connectivity index (χ1n) is 12.1. The van der Waals surface area contributed by atoms with Gasteiger partial charge in [-0.1, -0.05) is 37.1 Å². The van der Waals surface area contributed by atoms with Crippen molar-refractivity contribution in [2.45, 2.75) is 64.9 Å². The third-order valence-corrected chi connectivity index (χ3v) is 9.07. The summed E-state index contributed by atoms with van der Waals surface area (Å²) in [7, 11) is 0. The molecule has 9 nitrogen and oxygen atoms in total. The van der Waals surface area contributed by atoms with Crippen molar-refractivity contribution in [2.24, 2.45) is 22.7 Å². The van der Waals surface area contributed by atoms with Crippen LogP contribution >= 0.6 is 0 Å². The first-order chi connectivity index (χ1) is 16.5. The molecule has 0 radical (unpaired) electrons. The summed E-state index contributed by atoms with van der Waals surface area (Å²) >= 11 is 0. The number of esters is 1. The van der Waals surface area contributed by atoms with E-state index in [0.717, 1.165) is 43.9 Å². The van der Waals surface area contributed by atoms with E-state index in [0.29, 0.717) is 36.9 Å². The van der Waals surface area contributed by atoms with Crippen molar-refractivity contribution in [1.29, 1.82) is 0 Å². The molecule has 9 heteroatoms. The Hall–Kier alpha value is -3.36. The lowest BCUT2D eigenvalue weighted by molar-refractivity contribution is -0.394. The number of Topliss-reactive ketones (excluding diaryl/α,β-unsaturated/α-hetero) is 1. The van der Waals surface area contributed by atoms with Gasteiger partial charge in [0.1, 0.15) is 11.9 Å². The van der Waals surface area contributed by atoms with Crippen LogP contribution in [0.4, 0.5) is 11.4 Å². The van der Waals surface area contributed by atoms with Crippen molar-refractivity contribution in [3.05, 3.63) is 67.3 Å². The van der Waals surface area contributed by atoms with Gasteiger partial charge in [0.2, 0.25) is 0 Å². The Kier molecular flexibility index (Phi) is 5.41. The van der Waals surface area contributed by atoms with Gasteiger partial charge in [0.15, 0.2) is 0 Å². The van der Waals surface area contributed by atoms with Crippen molar-refractivity contribution in [1.82, 2.24) is 0 Å². The van der Waals surface area contributed by atoms with Crippen LogP contribution in [0.2, 0.25) is 0 Å². The molecule has 3 saturated carbocycles. The van der Waals surface area contributed by atoms with Crippen molar-refractivity contribution in [3.63, 3.8) is 0 Å². The van der Waals surface area contributed by atoms with Gasteiger partial charge in [0.25, 0.3) is 11.4 Å². The fourth-order valence-electron chi connectivity index (χ4n) is 6.99. The standard InChI is InChI=1S/C26H28N2O7/c1-25-9-7-19(35-24(30)15-11-17(27(31)32)14-18(12-15)28(33)34)13-16(25)3-4-20-21-5-6-23(29)26(21,2)10-8-22(20)25/h3-4,11-12,14,19,21-22H,5-10,13H2,1-2H3. The molecule has 5 atom stereocenters. The number of ether oxygens (including phenoxy) is 1. The van der Waals surface area contributed by atoms with Crippen LogP contribution < -0.4 is 0 Å².